The summed E-state index contributed by atoms with van der Waals surface area (Å²) in [6, 6.07) is 14.0. The van der Waals surface area contributed by atoms with E-state index in [0.29, 0.717) is 22.1 Å². The van der Waals surface area contributed by atoms with Crippen molar-refractivity contribution in [3.63, 3.8) is 0 Å². The maximum absolute atomic E-state index is 12.2. The molecule has 150 valence electrons. The zero-order chi connectivity index (χ0) is 20.6. The van der Waals surface area contributed by atoms with Crippen molar-refractivity contribution >= 4 is 23.3 Å². The second-order valence-corrected chi connectivity index (χ2v) is 6.60. The van der Waals surface area contributed by atoms with Crippen LogP contribution < -0.4 is 9.47 Å². The Labute approximate surface area is 171 Å². The highest BCUT2D eigenvalue weighted by molar-refractivity contribution is 7.13. The molecule has 29 heavy (non-hydrogen) atoms. The number of benzene rings is 2. The molecule has 3 aromatic rings. The van der Waals surface area contributed by atoms with Crippen LogP contribution in [0.15, 0.2) is 53.9 Å². The van der Waals surface area contributed by atoms with Crippen molar-refractivity contribution < 1.29 is 28.5 Å². The molecule has 0 unspecified atom stereocenters. The number of aromatic nitrogens is 1. The van der Waals surface area contributed by atoms with Crippen LogP contribution in [0.3, 0.4) is 0 Å². The van der Waals surface area contributed by atoms with E-state index in [1.54, 1.807) is 56.0 Å². The summed E-state index contributed by atoms with van der Waals surface area (Å²) in [6.07, 6.45) is 0. The first-order valence-corrected chi connectivity index (χ1v) is 9.57. The highest BCUT2D eigenvalue weighted by Gasteiger charge is 2.15. The van der Waals surface area contributed by atoms with Gasteiger partial charge in [0.05, 0.1) is 19.8 Å². The number of esters is 2. The molecular formula is C21H19NO6S. The van der Waals surface area contributed by atoms with E-state index >= 15 is 0 Å². The minimum atomic E-state index is -0.580. The van der Waals surface area contributed by atoms with Gasteiger partial charge in [-0.15, -0.1) is 11.3 Å². The quantitative estimate of drug-likeness (QED) is 0.410. The lowest BCUT2D eigenvalue weighted by Gasteiger charge is -2.08. The Kier molecular flexibility index (Phi) is 6.80. The molecule has 1 aromatic heterocycles. The first-order valence-electron chi connectivity index (χ1n) is 8.69. The van der Waals surface area contributed by atoms with Crippen molar-refractivity contribution in [2.75, 3.05) is 27.4 Å². The molecule has 0 aliphatic heterocycles. The molecule has 0 fully saturated rings. The predicted octanol–water partition coefficient (Wildman–Crippen LogP) is 3.84. The van der Waals surface area contributed by atoms with Gasteiger partial charge in [0.25, 0.3) is 0 Å². The van der Waals surface area contributed by atoms with Gasteiger partial charge in [-0.25, -0.2) is 14.6 Å². The number of hydrogen-bond donors (Lipinski definition) is 0. The van der Waals surface area contributed by atoms with Crippen molar-refractivity contribution in [1.29, 1.82) is 0 Å². The fourth-order valence-corrected chi connectivity index (χ4v) is 3.26. The third-order valence-electron chi connectivity index (χ3n) is 3.90. The van der Waals surface area contributed by atoms with Crippen LogP contribution in [0.2, 0.25) is 0 Å². The number of rotatable bonds is 8. The summed E-state index contributed by atoms with van der Waals surface area (Å²) in [6.45, 7) is -0.0905. The number of ether oxygens (including phenoxy) is 4. The topological polar surface area (TPSA) is 84.0 Å². The number of methoxy groups -OCH3 is 2. The third kappa shape index (κ3) is 5.11. The molecule has 1 heterocycles. The maximum Gasteiger partial charge on any atom is 0.357 e. The van der Waals surface area contributed by atoms with Gasteiger partial charge in [-0.05, 0) is 30.3 Å². The summed E-state index contributed by atoms with van der Waals surface area (Å²) in [7, 11) is 3.11. The van der Waals surface area contributed by atoms with Gasteiger partial charge >= 0.3 is 11.9 Å². The van der Waals surface area contributed by atoms with E-state index in [1.165, 1.54) is 11.3 Å². The van der Waals surface area contributed by atoms with Gasteiger partial charge in [-0.1, -0.05) is 18.2 Å². The van der Waals surface area contributed by atoms with Crippen LogP contribution in [0.5, 0.6) is 11.5 Å². The van der Waals surface area contributed by atoms with Gasteiger partial charge < -0.3 is 18.9 Å². The lowest BCUT2D eigenvalue weighted by Crippen LogP contribution is -2.14. The van der Waals surface area contributed by atoms with E-state index in [9.17, 15) is 9.59 Å². The SMILES string of the molecule is COc1ccc(-c2nc(C(=O)OCCOC(=O)c3ccccc3)cs2)cc1OC. The maximum atomic E-state index is 12.2. The monoisotopic (exact) mass is 413 g/mol. The number of carbonyl (C=O) groups excluding carboxylic acids is 2. The van der Waals surface area contributed by atoms with Crippen LogP contribution in [-0.2, 0) is 9.47 Å². The van der Waals surface area contributed by atoms with Gasteiger partial charge in [0, 0.05) is 10.9 Å². The predicted molar refractivity (Wildman–Crippen MR) is 108 cm³/mol. The average molecular weight is 413 g/mol. The molecule has 0 atom stereocenters. The second kappa shape index (κ2) is 9.70. The molecule has 0 aliphatic rings. The average Bonchev–Trinajstić information content (AvgIpc) is 3.27. The molecule has 2 aromatic carbocycles. The van der Waals surface area contributed by atoms with Crippen molar-refractivity contribution in [2.45, 2.75) is 0 Å². The Hall–Kier alpha value is -3.39. The fourth-order valence-electron chi connectivity index (χ4n) is 2.47. The molecule has 0 amide bonds. The molecule has 3 rings (SSSR count). The molecule has 0 aliphatic carbocycles. The normalized spacial score (nSPS) is 10.3. The largest absolute Gasteiger partial charge is 0.493 e. The Bertz CT molecular complexity index is 986. The van der Waals surface area contributed by atoms with Crippen LogP contribution in [0, 0.1) is 0 Å². The van der Waals surface area contributed by atoms with E-state index in [0.717, 1.165) is 5.56 Å². The molecule has 0 saturated heterocycles. The minimum absolute atomic E-state index is 0.0356. The van der Waals surface area contributed by atoms with Crippen molar-refractivity contribution in [3.05, 3.63) is 65.2 Å². The molecule has 0 bridgehead atoms. The number of hydrogen-bond acceptors (Lipinski definition) is 8. The van der Waals surface area contributed by atoms with Crippen LogP contribution in [0.25, 0.3) is 10.6 Å². The van der Waals surface area contributed by atoms with Crippen molar-refractivity contribution in [3.8, 4) is 22.1 Å². The van der Waals surface area contributed by atoms with E-state index < -0.39 is 11.9 Å². The zero-order valence-corrected chi connectivity index (χ0v) is 16.7. The first-order chi connectivity index (χ1) is 14.1. The molecule has 8 heteroatoms. The third-order valence-corrected chi connectivity index (χ3v) is 4.79. The lowest BCUT2D eigenvalue weighted by molar-refractivity contribution is 0.0262. The molecule has 0 radical (unpaired) electrons. The van der Waals surface area contributed by atoms with E-state index in [1.807, 2.05) is 12.1 Å². The summed E-state index contributed by atoms with van der Waals surface area (Å²) in [5, 5.41) is 2.26. The van der Waals surface area contributed by atoms with Gasteiger partial charge in [0.15, 0.2) is 17.2 Å². The Balaban J connectivity index is 1.54. The van der Waals surface area contributed by atoms with E-state index in [4.69, 9.17) is 18.9 Å². The lowest BCUT2D eigenvalue weighted by atomic mass is 10.2. The Morgan fingerprint density at radius 1 is 0.897 bits per heavy atom. The molecule has 0 saturated carbocycles. The Morgan fingerprint density at radius 3 is 2.28 bits per heavy atom. The molecule has 7 nitrogen and oxygen atoms in total. The Morgan fingerprint density at radius 2 is 1.59 bits per heavy atom. The highest BCUT2D eigenvalue weighted by atomic mass is 32.1. The fraction of sp³-hybridized carbons (Fsp3) is 0.190. The van der Waals surface area contributed by atoms with Crippen molar-refractivity contribution in [2.24, 2.45) is 0 Å². The summed E-state index contributed by atoms with van der Waals surface area (Å²) in [5.74, 6) is 0.136. The van der Waals surface area contributed by atoms with Gasteiger partial charge in [-0.2, -0.15) is 0 Å². The van der Waals surface area contributed by atoms with Crippen LogP contribution in [-0.4, -0.2) is 44.4 Å². The standard InChI is InChI=1S/C21H19NO6S/c1-25-17-9-8-15(12-18(17)26-2)19-22-16(13-29-19)21(24)28-11-10-27-20(23)14-6-4-3-5-7-14/h3-9,12-13H,10-11H2,1-2H3. The number of thiazole rings is 1. The van der Waals surface area contributed by atoms with E-state index in [2.05, 4.69) is 4.98 Å². The van der Waals surface area contributed by atoms with Crippen LogP contribution in [0.1, 0.15) is 20.8 Å². The summed E-state index contributed by atoms with van der Waals surface area (Å²) in [4.78, 5) is 28.3. The first kappa shape index (κ1) is 20.3. The summed E-state index contributed by atoms with van der Waals surface area (Å²) >= 11 is 1.31. The summed E-state index contributed by atoms with van der Waals surface area (Å²) < 4.78 is 20.7. The second-order valence-electron chi connectivity index (χ2n) is 5.75. The summed E-state index contributed by atoms with van der Waals surface area (Å²) in [5.41, 5.74) is 1.43. The van der Waals surface area contributed by atoms with Crippen LogP contribution in [0.4, 0.5) is 0 Å². The van der Waals surface area contributed by atoms with Gasteiger partial charge in [0.1, 0.15) is 18.2 Å². The minimum Gasteiger partial charge on any atom is -0.493 e. The molecule has 0 N–H and O–H groups in total. The van der Waals surface area contributed by atoms with E-state index in [-0.39, 0.29) is 18.9 Å². The molecule has 0 spiro atoms. The smallest absolute Gasteiger partial charge is 0.357 e. The highest BCUT2D eigenvalue weighted by Crippen LogP contribution is 2.33. The van der Waals surface area contributed by atoms with Gasteiger partial charge in [0.2, 0.25) is 0 Å². The zero-order valence-electron chi connectivity index (χ0n) is 15.9. The van der Waals surface area contributed by atoms with Crippen molar-refractivity contribution in [1.82, 2.24) is 4.98 Å². The van der Waals surface area contributed by atoms with Crippen LogP contribution >= 0.6 is 11.3 Å². The molecular weight excluding hydrogens is 394 g/mol. The number of nitrogens with zero attached hydrogens (tertiary/aromatic N) is 1. The number of carbonyl (C=O) groups is 2. The van der Waals surface area contributed by atoms with Gasteiger partial charge in [-0.3, -0.25) is 0 Å².